The van der Waals surface area contributed by atoms with Crippen molar-refractivity contribution in [3.63, 3.8) is 0 Å². The number of carbonyl (C=O) groups excluding carboxylic acids is 1. The van der Waals surface area contributed by atoms with E-state index in [2.05, 4.69) is 34.5 Å². The average Bonchev–Trinajstić information content (AvgIpc) is 2.95. The van der Waals surface area contributed by atoms with E-state index >= 15 is 0 Å². The standard InChI is InChI=1S/C18H29N3O/c19-12-6-2-1-3-10-18(22)20-13-7-14-21-15-11-16-8-4-5-9-17(16)21/h4-5,8-9H,1-3,6-7,10-15,19H2,(H,20,22). The second-order valence-electron chi connectivity index (χ2n) is 6.02. The first-order valence-electron chi connectivity index (χ1n) is 8.61. The van der Waals surface area contributed by atoms with Gasteiger partial charge in [-0.15, -0.1) is 0 Å². The normalized spacial score (nSPS) is 13.2. The van der Waals surface area contributed by atoms with Gasteiger partial charge in [-0.25, -0.2) is 0 Å². The molecule has 0 aromatic heterocycles. The minimum atomic E-state index is 0.189. The van der Waals surface area contributed by atoms with Crippen molar-refractivity contribution < 1.29 is 4.79 Å². The van der Waals surface area contributed by atoms with E-state index in [0.29, 0.717) is 6.42 Å². The highest BCUT2D eigenvalue weighted by molar-refractivity contribution is 5.75. The number of amides is 1. The second kappa shape index (κ2) is 9.46. The summed E-state index contributed by atoms with van der Waals surface area (Å²) in [6.07, 6.45) is 7.09. The molecule has 0 saturated heterocycles. The molecule has 0 unspecified atom stereocenters. The molecule has 1 aromatic carbocycles. The van der Waals surface area contributed by atoms with E-state index < -0.39 is 0 Å². The number of rotatable bonds is 10. The highest BCUT2D eigenvalue weighted by Gasteiger charge is 2.17. The van der Waals surface area contributed by atoms with E-state index in [1.54, 1.807) is 0 Å². The summed E-state index contributed by atoms with van der Waals surface area (Å²) in [6.45, 7) is 3.66. The van der Waals surface area contributed by atoms with Gasteiger partial charge in [0.2, 0.25) is 5.91 Å². The third-order valence-electron chi connectivity index (χ3n) is 4.27. The van der Waals surface area contributed by atoms with Gasteiger partial charge in [0.15, 0.2) is 0 Å². The lowest BCUT2D eigenvalue weighted by atomic mass is 10.1. The maximum absolute atomic E-state index is 11.7. The zero-order chi connectivity index (χ0) is 15.6. The van der Waals surface area contributed by atoms with Gasteiger partial charge in [-0.3, -0.25) is 4.79 Å². The molecular formula is C18H29N3O. The van der Waals surface area contributed by atoms with Crippen LogP contribution >= 0.6 is 0 Å². The molecule has 3 N–H and O–H groups in total. The molecule has 0 bridgehead atoms. The van der Waals surface area contributed by atoms with Crippen LogP contribution in [0.15, 0.2) is 24.3 Å². The Morgan fingerprint density at radius 3 is 2.82 bits per heavy atom. The molecule has 4 nitrogen and oxygen atoms in total. The van der Waals surface area contributed by atoms with Crippen LogP contribution in [0.5, 0.6) is 0 Å². The lowest BCUT2D eigenvalue weighted by Gasteiger charge is -2.19. The summed E-state index contributed by atoms with van der Waals surface area (Å²) >= 11 is 0. The summed E-state index contributed by atoms with van der Waals surface area (Å²) < 4.78 is 0. The fourth-order valence-corrected chi connectivity index (χ4v) is 3.01. The maximum atomic E-state index is 11.7. The Balaban J connectivity index is 1.53. The topological polar surface area (TPSA) is 58.4 Å². The summed E-state index contributed by atoms with van der Waals surface area (Å²) in [5, 5.41) is 3.03. The van der Waals surface area contributed by atoms with Crippen molar-refractivity contribution in [3.8, 4) is 0 Å². The quantitative estimate of drug-likeness (QED) is 0.653. The van der Waals surface area contributed by atoms with Gasteiger partial charge >= 0.3 is 0 Å². The monoisotopic (exact) mass is 303 g/mol. The Hall–Kier alpha value is -1.55. The van der Waals surface area contributed by atoms with Gasteiger partial charge in [-0.1, -0.05) is 31.0 Å². The van der Waals surface area contributed by atoms with E-state index in [-0.39, 0.29) is 5.91 Å². The lowest BCUT2D eigenvalue weighted by Crippen LogP contribution is -2.29. The molecule has 0 aliphatic carbocycles. The Bertz CT molecular complexity index is 461. The SMILES string of the molecule is NCCCCCCC(=O)NCCCN1CCc2ccccc21. The number of nitrogens with two attached hydrogens (primary N) is 1. The predicted octanol–water partition coefficient (Wildman–Crippen LogP) is 2.46. The third-order valence-corrected chi connectivity index (χ3v) is 4.27. The first kappa shape index (κ1) is 16.8. The van der Waals surface area contributed by atoms with Crippen LogP contribution in [0.25, 0.3) is 0 Å². The molecule has 122 valence electrons. The largest absolute Gasteiger partial charge is 0.371 e. The number of hydrogen-bond donors (Lipinski definition) is 2. The molecule has 0 radical (unpaired) electrons. The first-order chi connectivity index (χ1) is 10.8. The van der Waals surface area contributed by atoms with Gasteiger partial charge in [0.05, 0.1) is 0 Å². The third kappa shape index (κ3) is 5.34. The van der Waals surface area contributed by atoms with Crippen molar-refractivity contribution in [2.45, 2.75) is 44.9 Å². The van der Waals surface area contributed by atoms with Gasteiger partial charge in [-0.2, -0.15) is 0 Å². The van der Waals surface area contributed by atoms with Crippen LogP contribution in [0.2, 0.25) is 0 Å². The molecule has 0 fully saturated rings. The molecule has 1 heterocycles. The predicted molar refractivity (Wildman–Crippen MR) is 92.1 cm³/mol. The second-order valence-corrected chi connectivity index (χ2v) is 6.02. The molecule has 22 heavy (non-hydrogen) atoms. The highest BCUT2D eigenvalue weighted by Crippen LogP contribution is 2.27. The highest BCUT2D eigenvalue weighted by atomic mass is 16.1. The maximum Gasteiger partial charge on any atom is 0.219 e. The van der Waals surface area contributed by atoms with E-state index in [9.17, 15) is 4.79 Å². The molecule has 0 spiro atoms. The van der Waals surface area contributed by atoms with Crippen LogP contribution in [-0.4, -0.2) is 32.1 Å². The number of benzene rings is 1. The smallest absolute Gasteiger partial charge is 0.219 e. The van der Waals surface area contributed by atoms with Crippen molar-refractivity contribution in [1.29, 1.82) is 0 Å². The van der Waals surface area contributed by atoms with Gasteiger partial charge in [0, 0.05) is 31.7 Å². The average molecular weight is 303 g/mol. The number of unbranched alkanes of at least 4 members (excludes halogenated alkanes) is 3. The van der Waals surface area contributed by atoms with Crippen molar-refractivity contribution in [1.82, 2.24) is 5.32 Å². The Labute approximate surface area is 134 Å². The molecule has 1 aliphatic heterocycles. The number of hydrogen-bond acceptors (Lipinski definition) is 3. The minimum absolute atomic E-state index is 0.189. The number of fused-ring (bicyclic) bond motifs is 1. The number of anilines is 1. The van der Waals surface area contributed by atoms with Crippen LogP contribution in [0.1, 0.15) is 44.1 Å². The number of para-hydroxylation sites is 1. The van der Waals surface area contributed by atoms with E-state index in [1.807, 2.05) is 0 Å². The van der Waals surface area contributed by atoms with Crippen LogP contribution in [0, 0.1) is 0 Å². The molecular weight excluding hydrogens is 274 g/mol. The number of nitrogens with one attached hydrogen (secondary N) is 1. The molecule has 1 amide bonds. The first-order valence-corrected chi connectivity index (χ1v) is 8.61. The molecule has 0 saturated carbocycles. The summed E-state index contributed by atoms with van der Waals surface area (Å²) in [4.78, 5) is 14.1. The molecule has 0 atom stereocenters. The van der Waals surface area contributed by atoms with Gasteiger partial charge in [0.1, 0.15) is 0 Å². The fourth-order valence-electron chi connectivity index (χ4n) is 3.01. The van der Waals surface area contributed by atoms with Crippen molar-refractivity contribution in [3.05, 3.63) is 29.8 Å². The molecule has 2 rings (SSSR count). The van der Waals surface area contributed by atoms with Crippen LogP contribution in [-0.2, 0) is 11.2 Å². The summed E-state index contributed by atoms with van der Waals surface area (Å²) in [5.41, 5.74) is 8.27. The van der Waals surface area contributed by atoms with Crippen molar-refractivity contribution >= 4 is 11.6 Å². The van der Waals surface area contributed by atoms with Gasteiger partial charge in [0.25, 0.3) is 0 Å². The molecule has 1 aromatic rings. The Kier molecular flexibility index (Phi) is 7.23. The zero-order valence-electron chi connectivity index (χ0n) is 13.5. The van der Waals surface area contributed by atoms with E-state index in [1.165, 1.54) is 11.3 Å². The number of carbonyl (C=O) groups is 1. The molecule has 1 aliphatic rings. The minimum Gasteiger partial charge on any atom is -0.371 e. The zero-order valence-corrected chi connectivity index (χ0v) is 13.5. The number of nitrogens with zero attached hydrogens (tertiary/aromatic N) is 1. The fraction of sp³-hybridized carbons (Fsp3) is 0.611. The van der Waals surface area contributed by atoms with Gasteiger partial charge < -0.3 is 16.0 Å². The van der Waals surface area contributed by atoms with E-state index in [4.69, 9.17) is 5.73 Å². The van der Waals surface area contributed by atoms with Gasteiger partial charge in [-0.05, 0) is 43.9 Å². The lowest BCUT2D eigenvalue weighted by molar-refractivity contribution is -0.121. The summed E-state index contributed by atoms with van der Waals surface area (Å²) in [5.74, 6) is 0.189. The van der Waals surface area contributed by atoms with Crippen LogP contribution < -0.4 is 16.0 Å². The Morgan fingerprint density at radius 2 is 1.95 bits per heavy atom. The van der Waals surface area contributed by atoms with Crippen LogP contribution in [0.3, 0.4) is 0 Å². The van der Waals surface area contributed by atoms with Crippen molar-refractivity contribution in [2.24, 2.45) is 5.73 Å². The molecule has 4 heteroatoms. The summed E-state index contributed by atoms with van der Waals surface area (Å²) in [7, 11) is 0. The summed E-state index contributed by atoms with van der Waals surface area (Å²) in [6, 6.07) is 8.61. The Morgan fingerprint density at radius 1 is 1.14 bits per heavy atom. The van der Waals surface area contributed by atoms with Crippen molar-refractivity contribution in [2.75, 3.05) is 31.1 Å². The van der Waals surface area contributed by atoms with E-state index in [0.717, 1.165) is 64.7 Å². The van der Waals surface area contributed by atoms with Crippen LogP contribution in [0.4, 0.5) is 5.69 Å².